The van der Waals surface area contributed by atoms with E-state index in [-0.39, 0.29) is 23.7 Å². The van der Waals surface area contributed by atoms with Gasteiger partial charge in [-0.1, -0.05) is 12.0 Å². The van der Waals surface area contributed by atoms with E-state index in [4.69, 9.17) is 16.9 Å². The van der Waals surface area contributed by atoms with Crippen LogP contribution in [-0.4, -0.2) is 62.5 Å². The van der Waals surface area contributed by atoms with Gasteiger partial charge in [0.15, 0.2) is 23.1 Å². The van der Waals surface area contributed by atoms with Crippen LogP contribution in [0, 0.1) is 12.3 Å². The number of nitrogens with two attached hydrogens (primary N) is 1. The van der Waals surface area contributed by atoms with Crippen LogP contribution < -0.4 is 21.1 Å². The molecule has 0 radical (unpaired) electrons. The van der Waals surface area contributed by atoms with Crippen LogP contribution in [0.1, 0.15) is 10.5 Å². The lowest BCUT2D eigenvalue weighted by Gasteiger charge is -2.17. The van der Waals surface area contributed by atoms with E-state index in [9.17, 15) is 9.59 Å². The van der Waals surface area contributed by atoms with Crippen LogP contribution in [0.4, 0.5) is 22.0 Å². The number of carbonyl (C=O) groups is 2. The molecule has 164 valence electrons. The van der Waals surface area contributed by atoms with E-state index >= 15 is 0 Å². The normalized spacial score (nSPS) is 10.2. The Hall–Kier alpha value is -4.66. The van der Waals surface area contributed by atoms with Crippen molar-refractivity contribution in [1.29, 1.82) is 0 Å². The van der Waals surface area contributed by atoms with Crippen molar-refractivity contribution in [2.24, 2.45) is 12.8 Å². The van der Waals surface area contributed by atoms with Crippen LogP contribution in [0.5, 0.6) is 5.75 Å². The molecule has 0 fully saturated rings. The zero-order valence-corrected chi connectivity index (χ0v) is 17.7. The summed E-state index contributed by atoms with van der Waals surface area (Å²) in [5.41, 5.74) is 6.67. The number of hydrogen-bond acceptors (Lipinski definition) is 8. The molecule has 0 aliphatic carbocycles. The summed E-state index contributed by atoms with van der Waals surface area (Å²) in [6.07, 6.45) is 6.79. The monoisotopic (exact) mass is 435 g/mol. The highest BCUT2D eigenvalue weighted by atomic mass is 16.5. The molecule has 0 unspecified atom stereocenters. The number of benzene rings is 1. The summed E-state index contributed by atoms with van der Waals surface area (Å²) in [5.74, 6) is 2.55. The summed E-state index contributed by atoms with van der Waals surface area (Å²) >= 11 is 0. The molecule has 0 spiro atoms. The molecule has 3 aromatic rings. The standard InChI is InChI=1S/C20H21N9O3/c1-5-9-28(2)20(31)24-15-10-14(16(18(21)30)26-25-15)23-13-8-6-7-12(17(13)32-4)19-22-11-29(3)27-19/h1,6-8,10-11H,9H2,2-4H3,(H2,21,30)(H2,23,24,25,31). The van der Waals surface area contributed by atoms with E-state index in [1.165, 1.54) is 25.1 Å². The fourth-order valence-corrected chi connectivity index (χ4v) is 2.78. The number of carbonyl (C=O) groups excluding carboxylic acids is 2. The number of rotatable bonds is 7. The molecule has 2 heterocycles. The molecule has 3 rings (SSSR count). The van der Waals surface area contributed by atoms with Crippen LogP contribution in [0.2, 0.25) is 0 Å². The maximum atomic E-state index is 12.2. The van der Waals surface area contributed by atoms with Gasteiger partial charge in [-0.2, -0.15) is 5.10 Å². The second-order valence-corrected chi connectivity index (χ2v) is 6.60. The molecular weight excluding hydrogens is 414 g/mol. The second kappa shape index (κ2) is 9.43. The van der Waals surface area contributed by atoms with Crippen LogP contribution in [0.25, 0.3) is 11.4 Å². The zero-order valence-electron chi connectivity index (χ0n) is 17.7. The number of nitrogens with one attached hydrogen (secondary N) is 2. The van der Waals surface area contributed by atoms with E-state index in [1.807, 2.05) is 0 Å². The van der Waals surface area contributed by atoms with Crippen molar-refractivity contribution < 1.29 is 14.3 Å². The molecule has 0 atom stereocenters. The minimum absolute atomic E-state index is 0.0906. The largest absolute Gasteiger partial charge is 0.494 e. The number of aryl methyl sites for hydroxylation is 1. The van der Waals surface area contributed by atoms with Crippen molar-refractivity contribution in [3.63, 3.8) is 0 Å². The summed E-state index contributed by atoms with van der Waals surface area (Å²) in [5, 5.41) is 17.6. The highest BCUT2D eigenvalue weighted by Gasteiger charge is 2.19. The van der Waals surface area contributed by atoms with Gasteiger partial charge in [-0.05, 0) is 12.1 Å². The smallest absolute Gasteiger partial charge is 0.323 e. The molecule has 4 N–H and O–H groups in total. The number of aromatic nitrogens is 5. The van der Waals surface area contributed by atoms with E-state index in [1.54, 1.807) is 36.3 Å². The predicted molar refractivity (Wildman–Crippen MR) is 117 cm³/mol. The van der Waals surface area contributed by atoms with Crippen molar-refractivity contribution in [3.05, 3.63) is 36.3 Å². The number of hydrogen-bond donors (Lipinski definition) is 3. The molecule has 3 amide bonds. The number of anilines is 3. The number of amides is 3. The lowest BCUT2D eigenvalue weighted by molar-refractivity contribution is 0.0995. The van der Waals surface area contributed by atoms with E-state index in [2.05, 4.69) is 36.8 Å². The highest BCUT2D eigenvalue weighted by molar-refractivity contribution is 5.98. The maximum absolute atomic E-state index is 12.2. The first-order chi connectivity index (χ1) is 15.3. The molecule has 1 aromatic carbocycles. The number of nitrogens with zero attached hydrogens (tertiary/aromatic N) is 6. The first kappa shape index (κ1) is 22.0. The third-order valence-electron chi connectivity index (χ3n) is 4.27. The van der Waals surface area contributed by atoms with Gasteiger partial charge in [0.2, 0.25) is 0 Å². The van der Waals surface area contributed by atoms with Crippen molar-refractivity contribution in [2.45, 2.75) is 0 Å². The molecule has 0 aliphatic heterocycles. The highest BCUT2D eigenvalue weighted by Crippen LogP contribution is 2.37. The number of para-hydroxylation sites is 1. The van der Waals surface area contributed by atoms with Crippen molar-refractivity contribution >= 4 is 29.1 Å². The minimum Gasteiger partial charge on any atom is -0.494 e. The molecule has 12 nitrogen and oxygen atoms in total. The average Bonchev–Trinajstić information content (AvgIpc) is 3.19. The van der Waals surface area contributed by atoms with Crippen LogP contribution >= 0.6 is 0 Å². The minimum atomic E-state index is -0.802. The van der Waals surface area contributed by atoms with Gasteiger partial charge in [0, 0.05) is 20.2 Å². The van der Waals surface area contributed by atoms with Gasteiger partial charge < -0.3 is 20.7 Å². The van der Waals surface area contributed by atoms with E-state index in [0.29, 0.717) is 22.8 Å². The fourth-order valence-electron chi connectivity index (χ4n) is 2.78. The Morgan fingerprint density at radius 3 is 2.72 bits per heavy atom. The molecule has 0 saturated carbocycles. The second-order valence-electron chi connectivity index (χ2n) is 6.60. The Morgan fingerprint density at radius 1 is 1.31 bits per heavy atom. The van der Waals surface area contributed by atoms with Crippen LogP contribution in [0.15, 0.2) is 30.6 Å². The van der Waals surface area contributed by atoms with Crippen molar-refractivity contribution in [2.75, 3.05) is 31.3 Å². The number of primary amides is 1. The maximum Gasteiger partial charge on any atom is 0.323 e. The Labute approximate surface area is 183 Å². The summed E-state index contributed by atoms with van der Waals surface area (Å²) in [6.45, 7) is 0.106. The number of urea groups is 1. The summed E-state index contributed by atoms with van der Waals surface area (Å²) in [4.78, 5) is 29.6. The summed E-state index contributed by atoms with van der Waals surface area (Å²) < 4.78 is 7.14. The summed E-state index contributed by atoms with van der Waals surface area (Å²) in [7, 11) is 4.78. The SMILES string of the molecule is C#CCN(C)C(=O)Nc1cc(Nc2cccc(-c3ncn(C)n3)c2OC)c(C(N)=O)nn1. The molecule has 0 saturated heterocycles. The zero-order chi connectivity index (χ0) is 23.3. The first-order valence-electron chi connectivity index (χ1n) is 9.27. The Balaban J connectivity index is 1.98. The molecule has 0 aliphatic rings. The molecule has 12 heteroatoms. The summed E-state index contributed by atoms with van der Waals surface area (Å²) in [6, 6.07) is 6.24. The third kappa shape index (κ3) is 4.73. The Bertz CT molecular complexity index is 1200. The Morgan fingerprint density at radius 2 is 2.09 bits per heavy atom. The first-order valence-corrected chi connectivity index (χ1v) is 9.27. The van der Waals surface area contributed by atoms with Gasteiger partial charge in [0.05, 0.1) is 30.6 Å². The van der Waals surface area contributed by atoms with Gasteiger partial charge in [-0.25, -0.2) is 9.78 Å². The van der Waals surface area contributed by atoms with Gasteiger partial charge in [0.25, 0.3) is 5.91 Å². The third-order valence-corrected chi connectivity index (χ3v) is 4.27. The lowest BCUT2D eigenvalue weighted by atomic mass is 10.1. The van der Waals surface area contributed by atoms with Gasteiger partial charge in [0.1, 0.15) is 6.33 Å². The molecule has 2 aromatic heterocycles. The number of terminal acetylenes is 1. The van der Waals surface area contributed by atoms with Gasteiger partial charge in [-0.15, -0.1) is 16.6 Å². The van der Waals surface area contributed by atoms with Crippen molar-refractivity contribution in [3.8, 4) is 29.5 Å². The fraction of sp³-hybridized carbons (Fsp3) is 0.200. The molecular formula is C20H21N9O3. The number of methoxy groups -OCH3 is 1. The number of ether oxygens (including phenoxy) is 1. The quantitative estimate of drug-likeness (QED) is 0.468. The van der Waals surface area contributed by atoms with E-state index < -0.39 is 11.9 Å². The van der Waals surface area contributed by atoms with Gasteiger partial charge in [-0.3, -0.25) is 14.8 Å². The predicted octanol–water partition coefficient (Wildman–Crippen LogP) is 1.22. The molecule has 32 heavy (non-hydrogen) atoms. The topological polar surface area (TPSA) is 153 Å². The average molecular weight is 435 g/mol. The van der Waals surface area contributed by atoms with Crippen LogP contribution in [-0.2, 0) is 7.05 Å². The Kier molecular flexibility index (Phi) is 6.50. The van der Waals surface area contributed by atoms with Crippen molar-refractivity contribution in [1.82, 2.24) is 29.9 Å². The lowest BCUT2D eigenvalue weighted by Crippen LogP contribution is -2.32. The van der Waals surface area contributed by atoms with Gasteiger partial charge >= 0.3 is 6.03 Å². The van der Waals surface area contributed by atoms with Crippen LogP contribution in [0.3, 0.4) is 0 Å². The van der Waals surface area contributed by atoms with E-state index in [0.717, 1.165) is 0 Å². The molecule has 0 bridgehead atoms.